The lowest BCUT2D eigenvalue weighted by Crippen LogP contribution is -2.15. The maximum atomic E-state index is 13.5. The Hall–Kier alpha value is -3.43. The van der Waals surface area contributed by atoms with Gasteiger partial charge in [0.05, 0.1) is 10.5 Å². The molecule has 5 nitrogen and oxygen atoms in total. The van der Waals surface area contributed by atoms with E-state index in [1.807, 2.05) is 0 Å². The molecule has 0 bridgehead atoms. The number of hydrogen-bond acceptors (Lipinski definition) is 4. The van der Waals surface area contributed by atoms with E-state index >= 15 is 0 Å². The zero-order chi connectivity index (χ0) is 25.5. The molecule has 1 aromatic heterocycles. The number of anilines is 1. The quantitative estimate of drug-likeness (QED) is 0.312. The molecule has 5 rings (SSSR count). The first kappa shape index (κ1) is 24.3. The van der Waals surface area contributed by atoms with Crippen LogP contribution in [0.2, 0.25) is 5.02 Å². The van der Waals surface area contributed by atoms with Crippen LogP contribution < -0.4 is 4.72 Å². The molecular formula is C26H19ClF3N3O2S. The Morgan fingerprint density at radius 1 is 0.917 bits per heavy atom. The zero-order valence-electron chi connectivity index (χ0n) is 18.6. The van der Waals surface area contributed by atoms with E-state index in [0.29, 0.717) is 29.0 Å². The van der Waals surface area contributed by atoms with Gasteiger partial charge in [0.1, 0.15) is 0 Å². The van der Waals surface area contributed by atoms with Gasteiger partial charge in [0.2, 0.25) is 5.95 Å². The lowest BCUT2D eigenvalue weighted by atomic mass is 9.86. The van der Waals surface area contributed by atoms with Crippen molar-refractivity contribution in [3.63, 3.8) is 0 Å². The highest BCUT2D eigenvalue weighted by atomic mass is 35.5. The first-order valence-electron chi connectivity index (χ1n) is 11.0. The van der Waals surface area contributed by atoms with Gasteiger partial charge in [-0.3, -0.25) is 0 Å². The number of fused-ring (bicyclic) bond motifs is 1. The molecule has 184 valence electrons. The van der Waals surface area contributed by atoms with Gasteiger partial charge in [-0.15, -0.1) is 0 Å². The molecule has 10 heteroatoms. The summed E-state index contributed by atoms with van der Waals surface area (Å²) < 4.78 is 68.6. The van der Waals surface area contributed by atoms with Crippen LogP contribution in [0.3, 0.4) is 0 Å². The monoisotopic (exact) mass is 529 g/mol. The largest absolute Gasteiger partial charge is 0.416 e. The van der Waals surface area contributed by atoms with E-state index < -0.39 is 21.8 Å². The minimum atomic E-state index is -4.48. The summed E-state index contributed by atoms with van der Waals surface area (Å²) in [5.74, 6) is -0.219. The fraction of sp³-hybridized carbons (Fsp3) is 0.154. The number of halogens is 4. The minimum absolute atomic E-state index is 0.0340. The highest BCUT2D eigenvalue weighted by Crippen LogP contribution is 2.44. The van der Waals surface area contributed by atoms with Crippen LogP contribution in [0.15, 0.2) is 84.0 Å². The van der Waals surface area contributed by atoms with Crippen molar-refractivity contribution in [3.05, 3.63) is 106 Å². The molecule has 0 spiro atoms. The summed E-state index contributed by atoms with van der Waals surface area (Å²) in [4.78, 5) is 7.85. The fourth-order valence-corrected chi connectivity index (χ4v) is 5.67. The third-order valence-corrected chi connectivity index (χ3v) is 7.78. The van der Waals surface area contributed by atoms with Crippen LogP contribution in [0.4, 0.5) is 19.1 Å². The van der Waals surface area contributed by atoms with Gasteiger partial charge in [-0.25, -0.2) is 23.1 Å². The zero-order valence-corrected chi connectivity index (χ0v) is 20.2. The Morgan fingerprint density at radius 2 is 1.61 bits per heavy atom. The van der Waals surface area contributed by atoms with Crippen LogP contribution in [-0.2, 0) is 22.6 Å². The van der Waals surface area contributed by atoms with Gasteiger partial charge in [0, 0.05) is 23.3 Å². The van der Waals surface area contributed by atoms with Crippen molar-refractivity contribution in [2.45, 2.75) is 29.8 Å². The number of alkyl halides is 3. The summed E-state index contributed by atoms with van der Waals surface area (Å²) in [5, 5.41) is 0.488. The number of nitrogens with one attached hydrogen (secondary N) is 1. The van der Waals surface area contributed by atoms with E-state index in [2.05, 4.69) is 14.7 Å². The number of sulfonamides is 1. The van der Waals surface area contributed by atoms with Crippen molar-refractivity contribution in [2.75, 3.05) is 4.72 Å². The molecule has 1 heterocycles. The molecule has 0 unspecified atom stereocenters. The van der Waals surface area contributed by atoms with E-state index in [0.717, 1.165) is 22.8 Å². The molecule has 1 aliphatic rings. The van der Waals surface area contributed by atoms with Crippen LogP contribution in [0, 0.1) is 0 Å². The molecular weight excluding hydrogens is 511 g/mol. The van der Waals surface area contributed by atoms with Gasteiger partial charge in [-0.05, 0) is 83.1 Å². The second-order valence-corrected chi connectivity index (χ2v) is 10.6. The second kappa shape index (κ2) is 9.22. The highest BCUT2D eigenvalue weighted by molar-refractivity contribution is 7.92. The predicted molar refractivity (Wildman–Crippen MR) is 131 cm³/mol. The number of hydrogen-bond donors (Lipinski definition) is 1. The summed E-state index contributed by atoms with van der Waals surface area (Å²) >= 11 is 6.00. The molecule has 0 saturated carbocycles. The van der Waals surface area contributed by atoms with Crippen molar-refractivity contribution < 1.29 is 21.6 Å². The van der Waals surface area contributed by atoms with Gasteiger partial charge in [0.15, 0.2) is 0 Å². The van der Waals surface area contributed by atoms with Crippen LogP contribution in [0.5, 0.6) is 0 Å². The van der Waals surface area contributed by atoms with Crippen LogP contribution in [0.1, 0.15) is 34.6 Å². The predicted octanol–water partition coefficient (Wildman–Crippen LogP) is 6.69. The molecule has 1 atom stereocenters. The number of nitrogens with zero attached hydrogens (tertiary/aromatic N) is 2. The van der Waals surface area contributed by atoms with Crippen molar-refractivity contribution in [2.24, 2.45) is 0 Å². The minimum Gasteiger partial charge on any atom is -0.247 e. The first-order valence-corrected chi connectivity index (χ1v) is 12.9. The Kier molecular flexibility index (Phi) is 6.22. The van der Waals surface area contributed by atoms with Crippen LogP contribution in [-0.4, -0.2) is 18.4 Å². The maximum Gasteiger partial charge on any atom is 0.416 e. The number of aromatic nitrogens is 2. The molecule has 0 fully saturated rings. The Morgan fingerprint density at radius 3 is 2.31 bits per heavy atom. The molecule has 36 heavy (non-hydrogen) atoms. The van der Waals surface area contributed by atoms with Crippen molar-refractivity contribution in [3.8, 4) is 11.1 Å². The van der Waals surface area contributed by atoms with Crippen molar-refractivity contribution in [1.29, 1.82) is 0 Å². The van der Waals surface area contributed by atoms with Crippen molar-refractivity contribution in [1.82, 2.24) is 9.97 Å². The molecule has 4 aromatic rings. The molecule has 0 radical (unpaired) electrons. The van der Waals surface area contributed by atoms with Gasteiger partial charge < -0.3 is 0 Å². The third-order valence-electron chi connectivity index (χ3n) is 6.21. The standard InChI is InChI=1S/C26H19ClF3N3O2S/c27-19-6-2-16(3-7-19)24-15-18(26(28,29)30)5-10-23(24)22-9-4-17-14-20(8-11-21(17)22)36(34,35)33-25-31-12-1-13-32-25/h1-3,5-8,10-15,22H,4,9H2,(H,31,32,33)/t22-/m0/s1. The highest BCUT2D eigenvalue weighted by Gasteiger charge is 2.33. The third kappa shape index (κ3) is 4.81. The molecule has 1 N–H and O–H groups in total. The first-order chi connectivity index (χ1) is 17.1. The number of rotatable bonds is 5. The molecule has 0 saturated heterocycles. The Balaban J connectivity index is 1.53. The smallest absolute Gasteiger partial charge is 0.247 e. The summed E-state index contributed by atoms with van der Waals surface area (Å²) in [6, 6.07) is 16.9. The topological polar surface area (TPSA) is 72.0 Å². The summed E-state index contributed by atoms with van der Waals surface area (Å²) in [6.45, 7) is 0. The van der Waals surface area contributed by atoms with Crippen LogP contribution >= 0.6 is 11.6 Å². The fourth-order valence-electron chi connectivity index (χ4n) is 4.53. The SMILES string of the molecule is O=S(=O)(Nc1ncccn1)c1ccc2c(c1)CC[C@@H]2c1ccc(C(F)(F)F)cc1-c1ccc(Cl)cc1. The van der Waals surface area contributed by atoms with E-state index in [1.54, 1.807) is 42.5 Å². The van der Waals surface area contributed by atoms with Crippen LogP contribution in [0.25, 0.3) is 11.1 Å². The molecule has 0 amide bonds. The average Bonchev–Trinajstić information content (AvgIpc) is 3.27. The Labute approximate surface area is 211 Å². The van der Waals surface area contributed by atoms with Gasteiger partial charge in [-0.1, -0.05) is 35.9 Å². The van der Waals surface area contributed by atoms with E-state index in [-0.39, 0.29) is 16.8 Å². The van der Waals surface area contributed by atoms with Gasteiger partial charge >= 0.3 is 6.18 Å². The average molecular weight is 530 g/mol. The summed E-state index contributed by atoms with van der Waals surface area (Å²) in [6.07, 6.45) is -0.390. The molecule has 1 aliphatic carbocycles. The van der Waals surface area contributed by atoms with Crippen molar-refractivity contribution >= 4 is 27.6 Å². The van der Waals surface area contributed by atoms with E-state index in [1.165, 1.54) is 30.6 Å². The van der Waals surface area contributed by atoms with Gasteiger partial charge in [-0.2, -0.15) is 13.2 Å². The lowest BCUT2D eigenvalue weighted by molar-refractivity contribution is -0.137. The van der Waals surface area contributed by atoms with E-state index in [9.17, 15) is 21.6 Å². The Bertz CT molecular complexity index is 1530. The second-order valence-electron chi connectivity index (χ2n) is 8.44. The van der Waals surface area contributed by atoms with E-state index in [4.69, 9.17) is 11.6 Å². The normalized spacial score (nSPS) is 15.5. The number of benzene rings is 3. The maximum absolute atomic E-state index is 13.5. The molecule has 0 aliphatic heterocycles. The molecule has 3 aromatic carbocycles. The van der Waals surface area contributed by atoms with Gasteiger partial charge in [0.25, 0.3) is 10.0 Å². The number of aryl methyl sites for hydroxylation is 1. The lowest BCUT2D eigenvalue weighted by Gasteiger charge is -2.20. The summed E-state index contributed by atoms with van der Waals surface area (Å²) in [5.41, 5.74) is 2.83. The summed E-state index contributed by atoms with van der Waals surface area (Å²) in [7, 11) is -3.91.